The van der Waals surface area contributed by atoms with Crippen molar-refractivity contribution in [1.29, 1.82) is 0 Å². The normalized spacial score (nSPS) is 21.8. The van der Waals surface area contributed by atoms with Crippen LogP contribution in [0.15, 0.2) is 47.4 Å². The van der Waals surface area contributed by atoms with Gasteiger partial charge in [-0.05, 0) is 48.6 Å². The molecule has 1 amide bonds. The van der Waals surface area contributed by atoms with Gasteiger partial charge in [0.05, 0.1) is 11.0 Å². The fraction of sp³-hybridized carbons (Fsp3) is 0.476. The quantitative estimate of drug-likeness (QED) is 0.834. The molecule has 2 fully saturated rings. The fourth-order valence-corrected chi connectivity index (χ4v) is 5.50. The first-order chi connectivity index (χ1) is 13.5. The molecule has 2 aromatic rings. The molecule has 0 aromatic heterocycles. The van der Waals surface area contributed by atoms with Gasteiger partial charge < -0.3 is 10.1 Å². The lowest BCUT2D eigenvalue weighted by molar-refractivity contribution is -0.126. The van der Waals surface area contributed by atoms with Crippen molar-refractivity contribution in [1.82, 2.24) is 9.62 Å². The highest BCUT2D eigenvalue weighted by molar-refractivity contribution is 7.89. The third kappa shape index (κ3) is 4.06. The number of sulfonamides is 1. The van der Waals surface area contributed by atoms with Crippen LogP contribution in [0.5, 0.6) is 0 Å². The zero-order valence-electron chi connectivity index (χ0n) is 15.8. The van der Waals surface area contributed by atoms with Crippen LogP contribution in [0.3, 0.4) is 0 Å². The first kappa shape index (κ1) is 19.4. The minimum atomic E-state index is -3.55. The molecule has 0 saturated carbocycles. The Morgan fingerprint density at radius 1 is 1.07 bits per heavy atom. The first-order valence-corrected chi connectivity index (χ1v) is 11.4. The van der Waals surface area contributed by atoms with Gasteiger partial charge in [-0.3, -0.25) is 4.79 Å². The molecule has 6 nitrogen and oxygen atoms in total. The Kier molecular flexibility index (Phi) is 5.66. The number of benzene rings is 2. The summed E-state index contributed by atoms with van der Waals surface area (Å²) in [6, 6.07) is 13.0. The number of nitrogens with zero attached hydrogens (tertiary/aromatic N) is 1. The Balaban J connectivity index is 1.37. The van der Waals surface area contributed by atoms with E-state index in [0.717, 1.165) is 30.2 Å². The zero-order chi connectivity index (χ0) is 19.6. The van der Waals surface area contributed by atoms with E-state index in [9.17, 15) is 13.2 Å². The number of rotatable bonds is 5. The monoisotopic (exact) mass is 402 g/mol. The lowest BCUT2D eigenvalue weighted by Gasteiger charge is -2.30. The second-order valence-electron chi connectivity index (χ2n) is 7.57. The van der Waals surface area contributed by atoms with E-state index in [4.69, 9.17) is 4.74 Å². The summed E-state index contributed by atoms with van der Waals surface area (Å²) in [6.07, 6.45) is 3.25. The van der Waals surface area contributed by atoms with Crippen LogP contribution in [0, 0.1) is 5.92 Å². The summed E-state index contributed by atoms with van der Waals surface area (Å²) in [4.78, 5) is 12.7. The maximum Gasteiger partial charge on any atom is 0.243 e. The molecule has 150 valence electrons. The van der Waals surface area contributed by atoms with Crippen molar-refractivity contribution in [3.8, 4) is 0 Å². The number of nitrogens with one attached hydrogen (secondary N) is 1. The molecule has 0 spiro atoms. The minimum absolute atomic E-state index is 0.0123. The molecular weight excluding hydrogens is 376 g/mol. The van der Waals surface area contributed by atoms with Gasteiger partial charge in [0, 0.05) is 32.2 Å². The summed E-state index contributed by atoms with van der Waals surface area (Å²) in [5.74, 6) is -0.122. The summed E-state index contributed by atoms with van der Waals surface area (Å²) in [5, 5.41) is 4.89. The Morgan fingerprint density at radius 2 is 1.82 bits per heavy atom. The topological polar surface area (TPSA) is 75.7 Å². The lowest BCUT2D eigenvalue weighted by atomic mass is 9.97. The van der Waals surface area contributed by atoms with E-state index < -0.39 is 10.0 Å². The average molecular weight is 403 g/mol. The Bertz CT molecular complexity index is 946. The molecular formula is C21H26N2O4S. The van der Waals surface area contributed by atoms with Crippen molar-refractivity contribution >= 4 is 26.7 Å². The molecule has 0 bridgehead atoms. The fourth-order valence-electron chi connectivity index (χ4n) is 4.00. The number of amides is 1. The molecule has 2 saturated heterocycles. The third-order valence-corrected chi connectivity index (χ3v) is 7.61. The largest absolute Gasteiger partial charge is 0.376 e. The molecule has 2 aliphatic heterocycles. The summed E-state index contributed by atoms with van der Waals surface area (Å²) < 4.78 is 33.1. The molecule has 7 heteroatoms. The number of piperidine rings is 1. The summed E-state index contributed by atoms with van der Waals surface area (Å²) >= 11 is 0. The van der Waals surface area contributed by atoms with Gasteiger partial charge in [-0.2, -0.15) is 4.31 Å². The van der Waals surface area contributed by atoms with Crippen molar-refractivity contribution < 1.29 is 17.9 Å². The SMILES string of the molecule is O=C(NC[C@@H]1CCCO1)C1CCN(S(=O)(=O)c2ccc3ccccc3c2)CC1. The van der Waals surface area contributed by atoms with Gasteiger partial charge >= 0.3 is 0 Å². The van der Waals surface area contributed by atoms with Crippen LogP contribution in [0.25, 0.3) is 10.8 Å². The average Bonchev–Trinajstić information content (AvgIpc) is 3.25. The van der Waals surface area contributed by atoms with Crippen LogP contribution in [0.2, 0.25) is 0 Å². The summed E-state index contributed by atoms with van der Waals surface area (Å²) in [6.45, 7) is 2.06. The minimum Gasteiger partial charge on any atom is -0.376 e. The van der Waals surface area contributed by atoms with Crippen LogP contribution >= 0.6 is 0 Å². The Morgan fingerprint density at radius 3 is 2.54 bits per heavy atom. The highest BCUT2D eigenvalue weighted by Crippen LogP contribution is 2.26. The van der Waals surface area contributed by atoms with E-state index in [1.807, 2.05) is 30.3 Å². The van der Waals surface area contributed by atoms with Gasteiger partial charge in [-0.15, -0.1) is 0 Å². The van der Waals surface area contributed by atoms with Crippen LogP contribution in [-0.2, 0) is 19.6 Å². The highest BCUT2D eigenvalue weighted by Gasteiger charge is 2.32. The van der Waals surface area contributed by atoms with Gasteiger partial charge in [0.2, 0.25) is 15.9 Å². The van der Waals surface area contributed by atoms with Gasteiger partial charge in [0.25, 0.3) is 0 Å². The number of carbonyl (C=O) groups excluding carboxylic acids is 1. The second kappa shape index (κ2) is 8.19. The molecule has 28 heavy (non-hydrogen) atoms. The highest BCUT2D eigenvalue weighted by atomic mass is 32.2. The lowest BCUT2D eigenvalue weighted by Crippen LogP contribution is -2.44. The number of carbonyl (C=O) groups is 1. The van der Waals surface area contributed by atoms with E-state index in [0.29, 0.717) is 37.4 Å². The molecule has 4 rings (SSSR count). The third-order valence-electron chi connectivity index (χ3n) is 5.71. The van der Waals surface area contributed by atoms with Gasteiger partial charge in [0.15, 0.2) is 0 Å². The first-order valence-electron chi connectivity index (χ1n) is 9.92. The number of fused-ring (bicyclic) bond motifs is 1. The zero-order valence-corrected chi connectivity index (χ0v) is 16.7. The van der Waals surface area contributed by atoms with Crippen molar-refractivity contribution in [3.05, 3.63) is 42.5 Å². The number of ether oxygens (including phenoxy) is 1. The predicted molar refractivity (Wildman–Crippen MR) is 107 cm³/mol. The van der Waals surface area contributed by atoms with Crippen molar-refractivity contribution in [3.63, 3.8) is 0 Å². The maximum atomic E-state index is 13.0. The molecule has 0 aliphatic carbocycles. The van der Waals surface area contributed by atoms with Gasteiger partial charge in [-0.1, -0.05) is 30.3 Å². The molecule has 2 aromatic carbocycles. The maximum absolute atomic E-state index is 13.0. The molecule has 1 atom stereocenters. The van der Waals surface area contributed by atoms with E-state index in [1.54, 1.807) is 12.1 Å². The van der Waals surface area contributed by atoms with E-state index in [2.05, 4.69) is 5.32 Å². The predicted octanol–water partition coefficient (Wildman–Crippen LogP) is 2.54. The van der Waals surface area contributed by atoms with Crippen LogP contribution in [0.1, 0.15) is 25.7 Å². The smallest absolute Gasteiger partial charge is 0.243 e. The van der Waals surface area contributed by atoms with E-state index >= 15 is 0 Å². The van der Waals surface area contributed by atoms with Crippen LogP contribution in [-0.4, -0.2) is 51.0 Å². The Labute approximate surface area is 165 Å². The van der Waals surface area contributed by atoms with E-state index in [1.165, 1.54) is 4.31 Å². The molecule has 0 unspecified atom stereocenters. The summed E-state index contributed by atoms with van der Waals surface area (Å²) in [5.41, 5.74) is 0. The second-order valence-corrected chi connectivity index (χ2v) is 9.51. The number of hydrogen-bond acceptors (Lipinski definition) is 4. The molecule has 2 aliphatic rings. The van der Waals surface area contributed by atoms with Crippen LogP contribution in [0.4, 0.5) is 0 Å². The Hall–Kier alpha value is -1.96. The van der Waals surface area contributed by atoms with Gasteiger partial charge in [0.1, 0.15) is 0 Å². The van der Waals surface area contributed by atoms with E-state index in [-0.39, 0.29) is 17.9 Å². The van der Waals surface area contributed by atoms with Crippen molar-refractivity contribution in [2.24, 2.45) is 5.92 Å². The van der Waals surface area contributed by atoms with Crippen LogP contribution < -0.4 is 5.32 Å². The van der Waals surface area contributed by atoms with Gasteiger partial charge in [-0.25, -0.2) is 8.42 Å². The van der Waals surface area contributed by atoms with Crippen molar-refractivity contribution in [2.75, 3.05) is 26.2 Å². The molecule has 0 radical (unpaired) electrons. The number of hydrogen-bond donors (Lipinski definition) is 1. The standard InChI is InChI=1S/C21H26N2O4S/c24-21(22-15-19-6-3-13-27-19)17-9-11-23(12-10-17)28(25,26)20-8-7-16-4-1-2-5-18(16)14-20/h1-2,4-5,7-8,14,17,19H,3,6,9-13,15H2,(H,22,24)/t19-/m0/s1. The molecule has 2 heterocycles. The summed E-state index contributed by atoms with van der Waals surface area (Å²) in [7, 11) is -3.55. The van der Waals surface area contributed by atoms with Crippen molar-refractivity contribution in [2.45, 2.75) is 36.7 Å². The molecule has 1 N–H and O–H groups in total.